The van der Waals surface area contributed by atoms with Gasteiger partial charge in [-0.05, 0) is 65.2 Å². The first-order valence-electron chi connectivity index (χ1n) is 8.38. The normalized spacial score (nSPS) is 11.0. The number of aromatic nitrogens is 1. The number of furan rings is 1. The van der Waals surface area contributed by atoms with Crippen molar-refractivity contribution in [3.8, 4) is 17.3 Å². The Hall–Kier alpha value is -3.19. The third kappa shape index (κ3) is 3.25. The summed E-state index contributed by atoms with van der Waals surface area (Å²) in [5.41, 5.74) is 1.87. The zero-order chi connectivity index (χ0) is 19.8. The van der Waals surface area contributed by atoms with E-state index in [4.69, 9.17) is 13.6 Å². The highest BCUT2D eigenvalue weighted by atomic mass is 79.9. The van der Waals surface area contributed by atoms with Crippen LogP contribution < -0.4 is 10.2 Å². The van der Waals surface area contributed by atoms with Gasteiger partial charge in [0.1, 0.15) is 5.58 Å². The minimum absolute atomic E-state index is 0.0609. The number of pyridine rings is 1. The Morgan fingerprint density at radius 1 is 1.18 bits per heavy atom. The number of hydrogen-bond acceptors (Lipinski definition) is 6. The van der Waals surface area contributed by atoms with Gasteiger partial charge in [-0.2, -0.15) is 0 Å². The molecule has 0 unspecified atom stereocenters. The largest absolute Gasteiger partial charge is 0.461 e. The molecule has 0 saturated carbocycles. The van der Waals surface area contributed by atoms with Gasteiger partial charge in [-0.25, -0.2) is 4.79 Å². The summed E-state index contributed by atoms with van der Waals surface area (Å²) in [6.07, 6.45) is 4.35. The van der Waals surface area contributed by atoms with Gasteiger partial charge in [-0.15, -0.1) is 0 Å². The average molecular weight is 440 g/mol. The maximum absolute atomic E-state index is 13.2. The van der Waals surface area contributed by atoms with Crippen LogP contribution in [-0.2, 0) is 0 Å². The molecule has 4 rings (SSSR count). The number of hydrogen-bond donors (Lipinski definition) is 0. The van der Waals surface area contributed by atoms with Crippen LogP contribution in [0.1, 0.15) is 21.5 Å². The van der Waals surface area contributed by atoms with Crippen molar-refractivity contribution in [2.24, 2.45) is 0 Å². The number of ether oxygens (including phenoxy) is 1. The number of halogens is 1. The number of rotatable bonds is 3. The summed E-state index contributed by atoms with van der Waals surface area (Å²) in [6.45, 7) is 3.73. The molecule has 0 aliphatic rings. The van der Waals surface area contributed by atoms with Gasteiger partial charge in [0, 0.05) is 16.9 Å². The molecule has 0 aliphatic heterocycles. The number of carbonyl (C=O) groups excluding carboxylic acids is 1. The van der Waals surface area contributed by atoms with Crippen LogP contribution in [0, 0.1) is 13.8 Å². The van der Waals surface area contributed by atoms with Gasteiger partial charge in [0.05, 0.1) is 17.2 Å². The van der Waals surface area contributed by atoms with Crippen LogP contribution in [-0.4, -0.2) is 11.0 Å². The molecule has 0 atom stereocenters. The van der Waals surface area contributed by atoms with Gasteiger partial charge < -0.3 is 13.6 Å². The lowest BCUT2D eigenvalue weighted by Crippen LogP contribution is -2.16. The summed E-state index contributed by atoms with van der Waals surface area (Å²) in [6, 6.07) is 8.46. The predicted octanol–water partition coefficient (Wildman–Crippen LogP) is 5.05. The lowest BCUT2D eigenvalue weighted by atomic mass is 10.1. The molecule has 0 saturated heterocycles. The molecule has 140 valence electrons. The first kappa shape index (κ1) is 18.2. The smallest absolute Gasteiger partial charge is 0.345 e. The number of fused-ring (bicyclic) bond motifs is 1. The maximum atomic E-state index is 13.2. The van der Waals surface area contributed by atoms with Crippen LogP contribution in [0.5, 0.6) is 5.75 Å². The van der Waals surface area contributed by atoms with Crippen molar-refractivity contribution in [1.29, 1.82) is 0 Å². The topological polar surface area (TPSA) is 82.5 Å². The van der Waals surface area contributed by atoms with E-state index in [0.29, 0.717) is 15.4 Å². The summed E-state index contributed by atoms with van der Waals surface area (Å²) in [7, 11) is 0. The van der Waals surface area contributed by atoms with Gasteiger partial charge in [0.2, 0.25) is 16.9 Å². The second-order valence-corrected chi connectivity index (χ2v) is 7.22. The predicted molar refractivity (Wildman–Crippen MR) is 107 cm³/mol. The van der Waals surface area contributed by atoms with E-state index in [-0.39, 0.29) is 22.8 Å². The second kappa shape index (κ2) is 7.09. The molecule has 1 aromatic carbocycles. The van der Waals surface area contributed by atoms with Crippen LogP contribution in [0.3, 0.4) is 0 Å². The van der Waals surface area contributed by atoms with E-state index in [1.807, 2.05) is 19.9 Å². The van der Waals surface area contributed by atoms with Crippen molar-refractivity contribution in [3.63, 3.8) is 0 Å². The van der Waals surface area contributed by atoms with Crippen molar-refractivity contribution in [2.75, 3.05) is 0 Å². The fraction of sp³-hybridized carbons (Fsp3) is 0.0952. The average Bonchev–Trinajstić information content (AvgIpc) is 3.18. The Kier molecular flexibility index (Phi) is 4.60. The fourth-order valence-electron chi connectivity index (χ4n) is 2.97. The molecular formula is C21H14BrNO5. The van der Waals surface area contributed by atoms with E-state index >= 15 is 0 Å². The Labute approximate surface area is 167 Å². The van der Waals surface area contributed by atoms with Crippen LogP contribution >= 0.6 is 15.9 Å². The molecule has 28 heavy (non-hydrogen) atoms. The van der Waals surface area contributed by atoms with Gasteiger partial charge in [-0.1, -0.05) is 6.07 Å². The highest BCUT2D eigenvalue weighted by Gasteiger charge is 2.24. The Bertz CT molecular complexity index is 1260. The summed E-state index contributed by atoms with van der Waals surface area (Å²) < 4.78 is 17.4. The third-order valence-electron chi connectivity index (χ3n) is 4.16. The second-order valence-electron chi connectivity index (χ2n) is 6.31. The van der Waals surface area contributed by atoms with Gasteiger partial charge in [-0.3, -0.25) is 9.78 Å². The number of esters is 1. The molecule has 4 aromatic rings. The molecule has 3 aromatic heterocycles. The van der Waals surface area contributed by atoms with E-state index in [9.17, 15) is 9.59 Å². The Morgan fingerprint density at radius 3 is 2.71 bits per heavy atom. The molecule has 7 heteroatoms. The van der Waals surface area contributed by atoms with Gasteiger partial charge in [0.15, 0.2) is 5.76 Å². The molecule has 0 spiro atoms. The highest BCUT2D eigenvalue weighted by Crippen LogP contribution is 2.33. The van der Waals surface area contributed by atoms with Crippen molar-refractivity contribution in [3.05, 3.63) is 80.4 Å². The van der Waals surface area contributed by atoms with E-state index in [1.165, 1.54) is 12.5 Å². The first-order valence-corrected chi connectivity index (χ1v) is 9.18. The van der Waals surface area contributed by atoms with Crippen LogP contribution in [0.15, 0.2) is 67.1 Å². The lowest BCUT2D eigenvalue weighted by molar-refractivity contribution is 0.0730. The standard InChI is InChI=1S/C21H14BrNO5/c1-11-6-12(2)18-15(7-11)17(24)20(19(27-18)16-4-3-5-26-16)28-21(25)13-8-14(22)10-23-9-13/h3-10H,1-2H3. The number of aryl methyl sites for hydroxylation is 2. The fourth-order valence-corrected chi connectivity index (χ4v) is 3.33. The van der Waals surface area contributed by atoms with Crippen LogP contribution in [0.4, 0.5) is 0 Å². The van der Waals surface area contributed by atoms with Crippen LogP contribution in [0.2, 0.25) is 0 Å². The van der Waals surface area contributed by atoms with Crippen molar-refractivity contribution >= 4 is 32.9 Å². The molecule has 0 aliphatic carbocycles. The number of benzene rings is 1. The summed E-state index contributed by atoms with van der Waals surface area (Å²) in [5.74, 6) is -0.602. The molecule has 0 amide bonds. The molecule has 3 heterocycles. The van der Waals surface area contributed by atoms with E-state index in [2.05, 4.69) is 20.9 Å². The maximum Gasteiger partial charge on any atom is 0.345 e. The van der Waals surface area contributed by atoms with E-state index in [0.717, 1.165) is 11.1 Å². The van der Waals surface area contributed by atoms with Gasteiger partial charge in [0.25, 0.3) is 0 Å². The minimum Gasteiger partial charge on any atom is -0.461 e. The SMILES string of the molecule is Cc1cc(C)c2oc(-c3ccco3)c(OC(=O)c3cncc(Br)c3)c(=O)c2c1. The first-order chi connectivity index (χ1) is 13.4. The quantitative estimate of drug-likeness (QED) is 0.415. The van der Waals surface area contributed by atoms with Crippen LogP contribution in [0.25, 0.3) is 22.5 Å². The molecule has 6 nitrogen and oxygen atoms in total. The summed E-state index contributed by atoms with van der Waals surface area (Å²) in [4.78, 5) is 29.7. The van der Waals surface area contributed by atoms with Crippen molar-refractivity contribution in [1.82, 2.24) is 4.98 Å². The highest BCUT2D eigenvalue weighted by molar-refractivity contribution is 9.10. The molecular weight excluding hydrogens is 426 g/mol. The molecule has 0 fully saturated rings. The third-order valence-corrected chi connectivity index (χ3v) is 4.59. The molecule has 0 radical (unpaired) electrons. The molecule has 0 N–H and O–H groups in total. The Morgan fingerprint density at radius 2 is 2.00 bits per heavy atom. The lowest BCUT2D eigenvalue weighted by Gasteiger charge is -2.11. The summed E-state index contributed by atoms with van der Waals surface area (Å²) >= 11 is 3.26. The zero-order valence-corrected chi connectivity index (χ0v) is 16.6. The van der Waals surface area contributed by atoms with E-state index < -0.39 is 11.4 Å². The van der Waals surface area contributed by atoms with Crippen molar-refractivity contribution < 1.29 is 18.4 Å². The van der Waals surface area contributed by atoms with Crippen molar-refractivity contribution in [2.45, 2.75) is 13.8 Å². The van der Waals surface area contributed by atoms with Gasteiger partial charge >= 0.3 is 5.97 Å². The minimum atomic E-state index is -0.724. The number of carbonyl (C=O) groups is 1. The number of nitrogens with zero attached hydrogens (tertiary/aromatic N) is 1. The Balaban J connectivity index is 1.93. The van der Waals surface area contributed by atoms with E-state index in [1.54, 1.807) is 30.5 Å². The molecule has 0 bridgehead atoms. The summed E-state index contributed by atoms with van der Waals surface area (Å²) in [5, 5.41) is 0.336. The monoisotopic (exact) mass is 439 g/mol. The zero-order valence-electron chi connectivity index (χ0n) is 15.0.